The molecule has 106 valence electrons. The van der Waals surface area contributed by atoms with E-state index in [9.17, 15) is 9.18 Å². The second-order valence-corrected chi connectivity index (χ2v) is 4.84. The zero-order valence-corrected chi connectivity index (χ0v) is 11.8. The first-order valence-corrected chi connectivity index (χ1v) is 6.77. The Morgan fingerprint density at radius 3 is 2.50 bits per heavy atom. The van der Waals surface area contributed by atoms with Gasteiger partial charge in [0.05, 0.1) is 6.54 Å². The van der Waals surface area contributed by atoms with Crippen molar-refractivity contribution < 1.29 is 9.18 Å². The van der Waals surface area contributed by atoms with Crippen molar-refractivity contribution in [3.8, 4) is 0 Å². The number of hydrogen-bond donors (Lipinski definition) is 0. The standard InChI is InChI=1S/C16H19FN2O/c1-3-10-19(12-15-5-4-11-18(15)2)16(20)13-6-8-14(17)9-7-13/h4-9,11H,3,10,12H2,1-2H3. The minimum Gasteiger partial charge on any atom is -0.353 e. The Balaban J connectivity index is 2.17. The number of benzene rings is 1. The zero-order valence-electron chi connectivity index (χ0n) is 11.8. The molecule has 4 heteroatoms. The van der Waals surface area contributed by atoms with Crippen molar-refractivity contribution in [3.63, 3.8) is 0 Å². The van der Waals surface area contributed by atoms with Gasteiger partial charge < -0.3 is 9.47 Å². The van der Waals surface area contributed by atoms with Crippen LogP contribution in [0.2, 0.25) is 0 Å². The Labute approximate surface area is 118 Å². The minimum absolute atomic E-state index is 0.0620. The lowest BCUT2D eigenvalue weighted by Gasteiger charge is -2.22. The van der Waals surface area contributed by atoms with Crippen LogP contribution in [0.5, 0.6) is 0 Å². The summed E-state index contributed by atoms with van der Waals surface area (Å²) >= 11 is 0. The summed E-state index contributed by atoms with van der Waals surface area (Å²) in [7, 11) is 1.96. The molecule has 0 aliphatic carbocycles. The topological polar surface area (TPSA) is 25.2 Å². The summed E-state index contributed by atoms with van der Waals surface area (Å²) < 4.78 is 14.9. The molecular formula is C16H19FN2O. The first-order valence-electron chi connectivity index (χ1n) is 6.77. The van der Waals surface area contributed by atoms with Crippen LogP contribution in [0.25, 0.3) is 0 Å². The molecule has 0 N–H and O–H groups in total. The van der Waals surface area contributed by atoms with Crippen LogP contribution in [0.15, 0.2) is 42.6 Å². The van der Waals surface area contributed by atoms with E-state index in [1.54, 1.807) is 4.90 Å². The lowest BCUT2D eigenvalue weighted by atomic mass is 10.2. The first kappa shape index (κ1) is 14.3. The molecule has 2 rings (SSSR count). The SMILES string of the molecule is CCCN(Cc1cccn1C)C(=O)c1ccc(F)cc1. The maximum absolute atomic E-state index is 12.9. The molecule has 1 amide bonds. The molecule has 0 saturated carbocycles. The van der Waals surface area contributed by atoms with Gasteiger partial charge in [0.15, 0.2) is 0 Å². The number of carbonyl (C=O) groups is 1. The maximum Gasteiger partial charge on any atom is 0.254 e. The summed E-state index contributed by atoms with van der Waals surface area (Å²) in [6.45, 7) is 3.28. The normalized spacial score (nSPS) is 10.6. The molecule has 0 spiro atoms. The summed E-state index contributed by atoms with van der Waals surface area (Å²) in [5, 5.41) is 0. The summed E-state index contributed by atoms with van der Waals surface area (Å²) in [5.74, 6) is -0.390. The summed E-state index contributed by atoms with van der Waals surface area (Å²) in [6, 6.07) is 9.67. The van der Waals surface area contributed by atoms with E-state index in [1.165, 1.54) is 24.3 Å². The highest BCUT2D eigenvalue weighted by Gasteiger charge is 2.16. The van der Waals surface area contributed by atoms with Crippen molar-refractivity contribution >= 4 is 5.91 Å². The monoisotopic (exact) mass is 274 g/mol. The van der Waals surface area contributed by atoms with Gasteiger partial charge in [-0.1, -0.05) is 6.92 Å². The van der Waals surface area contributed by atoms with Crippen LogP contribution in [0.4, 0.5) is 4.39 Å². The van der Waals surface area contributed by atoms with E-state index >= 15 is 0 Å². The van der Waals surface area contributed by atoms with Gasteiger partial charge in [0.2, 0.25) is 0 Å². The summed E-state index contributed by atoms with van der Waals surface area (Å²) in [5.41, 5.74) is 1.60. The van der Waals surface area contributed by atoms with Gasteiger partial charge in [0.1, 0.15) is 5.82 Å². The summed E-state index contributed by atoms with van der Waals surface area (Å²) in [6.07, 6.45) is 2.85. The molecule has 1 heterocycles. The van der Waals surface area contributed by atoms with Crippen LogP contribution in [-0.2, 0) is 13.6 Å². The lowest BCUT2D eigenvalue weighted by molar-refractivity contribution is 0.0740. The van der Waals surface area contributed by atoms with Crippen LogP contribution in [0.1, 0.15) is 29.4 Å². The molecule has 20 heavy (non-hydrogen) atoms. The molecule has 1 aromatic carbocycles. The third-order valence-electron chi connectivity index (χ3n) is 3.28. The van der Waals surface area contributed by atoms with Gasteiger partial charge in [-0.05, 0) is 42.8 Å². The average molecular weight is 274 g/mol. The average Bonchev–Trinajstić information content (AvgIpc) is 2.84. The fraction of sp³-hybridized carbons (Fsp3) is 0.312. The highest BCUT2D eigenvalue weighted by molar-refractivity contribution is 5.94. The molecule has 0 saturated heterocycles. The fourth-order valence-electron chi connectivity index (χ4n) is 2.15. The number of aryl methyl sites for hydroxylation is 1. The number of carbonyl (C=O) groups excluding carboxylic acids is 1. The van der Waals surface area contributed by atoms with Crippen molar-refractivity contribution in [3.05, 3.63) is 59.7 Å². The van der Waals surface area contributed by atoms with Gasteiger partial charge in [-0.15, -0.1) is 0 Å². The molecule has 0 atom stereocenters. The molecule has 0 bridgehead atoms. The van der Waals surface area contributed by atoms with E-state index in [4.69, 9.17) is 0 Å². The Hall–Kier alpha value is -2.10. The van der Waals surface area contributed by atoms with Crippen molar-refractivity contribution in [2.24, 2.45) is 7.05 Å². The maximum atomic E-state index is 12.9. The number of aromatic nitrogens is 1. The zero-order chi connectivity index (χ0) is 14.5. The Bertz CT molecular complexity index is 574. The molecule has 0 aliphatic heterocycles. The predicted octanol–water partition coefficient (Wildman–Crippen LogP) is 3.22. The second kappa shape index (κ2) is 6.37. The summed E-state index contributed by atoms with van der Waals surface area (Å²) in [4.78, 5) is 14.3. The highest BCUT2D eigenvalue weighted by Crippen LogP contribution is 2.12. The molecule has 0 radical (unpaired) electrons. The number of hydrogen-bond acceptors (Lipinski definition) is 1. The minimum atomic E-state index is -0.328. The molecular weight excluding hydrogens is 255 g/mol. The quantitative estimate of drug-likeness (QED) is 0.822. The van der Waals surface area contributed by atoms with E-state index < -0.39 is 0 Å². The smallest absolute Gasteiger partial charge is 0.254 e. The third-order valence-corrected chi connectivity index (χ3v) is 3.28. The van der Waals surface area contributed by atoms with Crippen molar-refractivity contribution in [1.82, 2.24) is 9.47 Å². The van der Waals surface area contributed by atoms with Gasteiger partial charge in [0, 0.05) is 31.0 Å². The van der Waals surface area contributed by atoms with Gasteiger partial charge in [-0.2, -0.15) is 0 Å². The second-order valence-electron chi connectivity index (χ2n) is 4.84. The van der Waals surface area contributed by atoms with Crippen LogP contribution in [0.3, 0.4) is 0 Å². The van der Waals surface area contributed by atoms with E-state index in [-0.39, 0.29) is 11.7 Å². The van der Waals surface area contributed by atoms with E-state index in [1.807, 2.05) is 36.9 Å². The molecule has 2 aromatic rings. The van der Waals surface area contributed by atoms with E-state index in [2.05, 4.69) is 0 Å². The molecule has 1 aromatic heterocycles. The Morgan fingerprint density at radius 2 is 1.95 bits per heavy atom. The number of halogens is 1. The van der Waals surface area contributed by atoms with Gasteiger partial charge >= 0.3 is 0 Å². The molecule has 0 unspecified atom stereocenters. The molecule has 0 fully saturated rings. The molecule has 0 aliphatic rings. The van der Waals surface area contributed by atoms with E-state index in [0.717, 1.165) is 12.1 Å². The van der Waals surface area contributed by atoms with Gasteiger partial charge in [-0.3, -0.25) is 4.79 Å². The number of rotatable bonds is 5. The van der Waals surface area contributed by atoms with Crippen LogP contribution >= 0.6 is 0 Å². The fourth-order valence-corrected chi connectivity index (χ4v) is 2.15. The number of amides is 1. The van der Waals surface area contributed by atoms with Crippen LogP contribution in [-0.4, -0.2) is 21.9 Å². The third kappa shape index (κ3) is 3.26. The Morgan fingerprint density at radius 1 is 1.25 bits per heavy atom. The lowest BCUT2D eigenvalue weighted by Crippen LogP contribution is -2.32. The Kier molecular flexibility index (Phi) is 4.56. The largest absolute Gasteiger partial charge is 0.353 e. The van der Waals surface area contributed by atoms with E-state index in [0.29, 0.717) is 18.7 Å². The highest BCUT2D eigenvalue weighted by atomic mass is 19.1. The number of nitrogens with zero attached hydrogens (tertiary/aromatic N) is 2. The predicted molar refractivity (Wildman–Crippen MR) is 76.8 cm³/mol. The van der Waals surface area contributed by atoms with Crippen molar-refractivity contribution in [2.45, 2.75) is 19.9 Å². The first-order chi connectivity index (χ1) is 9.61. The van der Waals surface area contributed by atoms with Crippen LogP contribution < -0.4 is 0 Å². The van der Waals surface area contributed by atoms with Crippen molar-refractivity contribution in [2.75, 3.05) is 6.54 Å². The van der Waals surface area contributed by atoms with Crippen LogP contribution in [0, 0.1) is 5.82 Å². The van der Waals surface area contributed by atoms with Gasteiger partial charge in [0.25, 0.3) is 5.91 Å². The van der Waals surface area contributed by atoms with Crippen molar-refractivity contribution in [1.29, 1.82) is 0 Å². The molecule has 3 nitrogen and oxygen atoms in total. The van der Waals surface area contributed by atoms with Gasteiger partial charge in [-0.25, -0.2) is 4.39 Å².